The van der Waals surface area contributed by atoms with E-state index in [0.29, 0.717) is 16.3 Å². The normalized spacial score (nSPS) is 12.4. The molecule has 6 nitrogen and oxygen atoms in total. The van der Waals surface area contributed by atoms with Crippen LogP contribution in [0.1, 0.15) is 18.0 Å². The number of halogens is 2. The van der Waals surface area contributed by atoms with Crippen LogP contribution >= 0.6 is 11.5 Å². The second-order valence-corrected chi connectivity index (χ2v) is 6.36. The Morgan fingerprint density at radius 1 is 1.32 bits per heavy atom. The van der Waals surface area contributed by atoms with Crippen molar-refractivity contribution in [2.45, 2.75) is 19.1 Å². The Labute approximate surface area is 144 Å². The first-order valence-corrected chi connectivity index (χ1v) is 8.07. The number of aromatic nitrogens is 2. The number of carboxylic acid groups (broad SMARTS) is 1. The van der Waals surface area contributed by atoms with E-state index in [1.807, 2.05) is 0 Å². The van der Waals surface area contributed by atoms with Crippen LogP contribution in [0.5, 0.6) is 0 Å². The van der Waals surface area contributed by atoms with E-state index in [4.69, 9.17) is 5.11 Å². The maximum atomic E-state index is 13.4. The first-order chi connectivity index (χ1) is 11.9. The van der Waals surface area contributed by atoms with Crippen molar-refractivity contribution in [2.24, 2.45) is 0 Å². The molecular formula is C16H13F2N3O3S. The maximum Gasteiger partial charge on any atom is 0.305 e. The van der Waals surface area contributed by atoms with Crippen molar-refractivity contribution in [3.8, 4) is 0 Å². The fourth-order valence-corrected chi connectivity index (χ4v) is 3.35. The third kappa shape index (κ3) is 3.89. The first kappa shape index (κ1) is 17.2. The largest absolute Gasteiger partial charge is 0.481 e. The monoisotopic (exact) mass is 365 g/mol. The second kappa shape index (κ2) is 7.08. The van der Waals surface area contributed by atoms with Gasteiger partial charge in [0, 0.05) is 18.3 Å². The van der Waals surface area contributed by atoms with E-state index in [9.17, 15) is 18.4 Å². The summed E-state index contributed by atoms with van der Waals surface area (Å²) in [6, 6.07) is 5.29. The third-order valence-electron chi connectivity index (χ3n) is 3.57. The maximum absolute atomic E-state index is 13.4. The van der Waals surface area contributed by atoms with Gasteiger partial charge in [-0.15, -0.1) is 0 Å². The van der Waals surface area contributed by atoms with Crippen molar-refractivity contribution in [3.05, 3.63) is 64.1 Å². The number of fused-ring (bicyclic) bond motifs is 1. The lowest BCUT2D eigenvalue weighted by atomic mass is 10.0. The van der Waals surface area contributed by atoms with Crippen LogP contribution < -0.4 is 10.9 Å². The standard InChI is InChI=1S/C16H13F2N3O3S/c17-10-4-9(5-11(18)6-10)13(7-14(22)23)20-8-21-16(24)12-2-1-3-19-15(12)25-21/h1-6,13,20H,7-8H2,(H,22,23). The number of aliphatic carboxylic acids is 1. The molecule has 25 heavy (non-hydrogen) atoms. The fourth-order valence-electron chi connectivity index (χ4n) is 2.46. The summed E-state index contributed by atoms with van der Waals surface area (Å²) in [5, 5.41) is 12.4. The zero-order valence-corrected chi connectivity index (χ0v) is 13.6. The molecule has 0 fully saturated rings. The van der Waals surface area contributed by atoms with E-state index in [0.717, 1.165) is 23.7 Å². The Hall–Kier alpha value is -2.65. The SMILES string of the molecule is O=C(O)CC(NCn1sc2ncccc2c1=O)c1cc(F)cc(F)c1. The van der Waals surface area contributed by atoms with E-state index >= 15 is 0 Å². The van der Waals surface area contributed by atoms with Gasteiger partial charge in [-0.05, 0) is 41.4 Å². The average molecular weight is 365 g/mol. The molecular weight excluding hydrogens is 352 g/mol. The lowest BCUT2D eigenvalue weighted by Gasteiger charge is -2.17. The van der Waals surface area contributed by atoms with Gasteiger partial charge in [0.25, 0.3) is 5.56 Å². The van der Waals surface area contributed by atoms with Gasteiger partial charge >= 0.3 is 5.97 Å². The molecule has 0 radical (unpaired) electrons. The van der Waals surface area contributed by atoms with Crippen LogP contribution in [0.25, 0.3) is 10.2 Å². The van der Waals surface area contributed by atoms with Gasteiger partial charge in [0.15, 0.2) is 0 Å². The smallest absolute Gasteiger partial charge is 0.305 e. The number of carbonyl (C=O) groups is 1. The quantitative estimate of drug-likeness (QED) is 0.701. The van der Waals surface area contributed by atoms with Crippen LogP contribution in [0.15, 0.2) is 41.3 Å². The molecule has 0 bridgehead atoms. The summed E-state index contributed by atoms with van der Waals surface area (Å²) < 4.78 is 28.2. The Balaban J connectivity index is 1.86. The summed E-state index contributed by atoms with van der Waals surface area (Å²) in [5.74, 6) is -2.72. The van der Waals surface area contributed by atoms with Crippen LogP contribution in [0.4, 0.5) is 8.78 Å². The highest BCUT2D eigenvalue weighted by molar-refractivity contribution is 7.13. The van der Waals surface area contributed by atoms with Crippen LogP contribution in [0.2, 0.25) is 0 Å². The Kier molecular flexibility index (Phi) is 4.86. The summed E-state index contributed by atoms with van der Waals surface area (Å²) in [7, 11) is 0. The van der Waals surface area contributed by atoms with Crippen molar-refractivity contribution >= 4 is 27.7 Å². The number of nitrogens with zero attached hydrogens (tertiary/aromatic N) is 2. The highest BCUT2D eigenvalue weighted by atomic mass is 32.1. The molecule has 9 heteroatoms. The van der Waals surface area contributed by atoms with E-state index < -0.39 is 23.6 Å². The summed E-state index contributed by atoms with van der Waals surface area (Å²) in [6.45, 7) is -0.00403. The van der Waals surface area contributed by atoms with Gasteiger partial charge in [-0.2, -0.15) is 0 Å². The average Bonchev–Trinajstić information content (AvgIpc) is 2.87. The molecule has 0 amide bonds. The van der Waals surface area contributed by atoms with Gasteiger partial charge in [-0.1, -0.05) is 0 Å². The van der Waals surface area contributed by atoms with Crippen molar-refractivity contribution in [1.29, 1.82) is 0 Å². The van der Waals surface area contributed by atoms with E-state index in [1.165, 1.54) is 3.96 Å². The molecule has 1 unspecified atom stereocenters. The molecule has 2 heterocycles. The van der Waals surface area contributed by atoms with Gasteiger partial charge in [-0.3, -0.25) is 14.9 Å². The van der Waals surface area contributed by atoms with E-state index in [1.54, 1.807) is 18.3 Å². The molecule has 130 valence electrons. The van der Waals surface area contributed by atoms with Gasteiger partial charge in [0.2, 0.25) is 0 Å². The molecule has 0 aliphatic heterocycles. The fraction of sp³-hybridized carbons (Fsp3) is 0.188. The molecule has 3 rings (SSSR count). The van der Waals surface area contributed by atoms with Crippen LogP contribution in [0, 0.1) is 11.6 Å². The summed E-state index contributed by atoms with van der Waals surface area (Å²) >= 11 is 1.12. The molecule has 0 saturated carbocycles. The predicted octanol–water partition coefficient (Wildman–Crippen LogP) is 2.50. The highest BCUT2D eigenvalue weighted by Gasteiger charge is 2.18. The zero-order valence-electron chi connectivity index (χ0n) is 12.8. The van der Waals surface area contributed by atoms with Crippen LogP contribution in [0.3, 0.4) is 0 Å². The van der Waals surface area contributed by atoms with Gasteiger partial charge in [0.1, 0.15) is 16.5 Å². The molecule has 2 aromatic heterocycles. The topological polar surface area (TPSA) is 84.2 Å². The first-order valence-electron chi connectivity index (χ1n) is 7.30. The van der Waals surface area contributed by atoms with Crippen molar-refractivity contribution in [1.82, 2.24) is 14.3 Å². The Bertz CT molecular complexity index is 966. The molecule has 1 atom stereocenters. The molecule has 0 saturated heterocycles. The predicted molar refractivity (Wildman–Crippen MR) is 88.4 cm³/mol. The second-order valence-electron chi connectivity index (χ2n) is 5.35. The molecule has 0 aliphatic rings. The van der Waals surface area contributed by atoms with Gasteiger partial charge in [-0.25, -0.2) is 17.7 Å². The minimum absolute atomic E-state index is 0.00403. The number of hydrogen-bond acceptors (Lipinski definition) is 5. The summed E-state index contributed by atoms with van der Waals surface area (Å²) in [6.07, 6.45) is 1.18. The number of nitrogens with one attached hydrogen (secondary N) is 1. The van der Waals surface area contributed by atoms with Crippen molar-refractivity contribution < 1.29 is 18.7 Å². The van der Waals surface area contributed by atoms with Gasteiger partial charge < -0.3 is 5.11 Å². The lowest BCUT2D eigenvalue weighted by Crippen LogP contribution is -2.29. The zero-order chi connectivity index (χ0) is 18.0. The van der Waals surface area contributed by atoms with Gasteiger partial charge in [0.05, 0.1) is 18.5 Å². The number of rotatable bonds is 6. The molecule has 2 N–H and O–H groups in total. The summed E-state index contributed by atoms with van der Waals surface area (Å²) in [4.78, 5) is 28.0. The number of pyridine rings is 1. The minimum Gasteiger partial charge on any atom is -0.481 e. The highest BCUT2D eigenvalue weighted by Crippen LogP contribution is 2.20. The number of benzene rings is 1. The molecule has 0 aliphatic carbocycles. The van der Waals surface area contributed by atoms with Crippen LogP contribution in [-0.4, -0.2) is 20.0 Å². The number of hydrogen-bond donors (Lipinski definition) is 2. The molecule has 3 aromatic rings. The Morgan fingerprint density at radius 2 is 2.04 bits per heavy atom. The number of carboxylic acids is 1. The van der Waals surface area contributed by atoms with Crippen molar-refractivity contribution in [2.75, 3.05) is 0 Å². The van der Waals surface area contributed by atoms with Crippen LogP contribution in [-0.2, 0) is 11.5 Å². The summed E-state index contributed by atoms with van der Waals surface area (Å²) in [5.41, 5.74) is -0.104. The molecule has 0 spiro atoms. The lowest BCUT2D eigenvalue weighted by molar-refractivity contribution is -0.137. The van der Waals surface area contributed by atoms with Crippen molar-refractivity contribution in [3.63, 3.8) is 0 Å². The Morgan fingerprint density at radius 3 is 2.68 bits per heavy atom. The molecule has 1 aromatic carbocycles. The minimum atomic E-state index is -1.13. The van der Waals surface area contributed by atoms with E-state index in [-0.39, 0.29) is 24.2 Å². The third-order valence-corrected chi connectivity index (χ3v) is 4.59. The van der Waals surface area contributed by atoms with E-state index in [2.05, 4.69) is 10.3 Å².